The van der Waals surface area contributed by atoms with Crippen molar-refractivity contribution in [2.45, 2.75) is 111 Å². The lowest BCUT2D eigenvalue weighted by molar-refractivity contribution is -0.0508. The average Bonchev–Trinajstić information content (AvgIpc) is 3.02. The fourth-order valence-electron chi connectivity index (χ4n) is 8.64. The van der Waals surface area contributed by atoms with Gasteiger partial charge in [-0.2, -0.15) is 0 Å². The highest BCUT2D eigenvalue weighted by Gasteiger charge is 2.58. The van der Waals surface area contributed by atoms with Crippen molar-refractivity contribution in [2.75, 3.05) is 0 Å². The lowest BCUT2D eigenvalue weighted by Gasteiger charge is -2.58. The molecular weight excluding hydrogens is 340 g/mol. The molecule has 0 aromatic carbocycles. The van der Waals surface area contributed by atoms with Gasteiger partial charge in [-0.05, 0) is 111 Å². The van der Waals surface area contributed by atoms with Crippen LogP contribution in [0.5, 0.6) is 0 Å². The summed E-state index contributed by atoms with van der Waals surface area (Å²) in [5.74, 6) is 4.90. The van der Waals surface area contributed by atoms with E-state index in [0.29, 0.717) is 16.7 Å². The lowest BCUT2D eigenvalue weighted by atomic mass is 9.47. The molecular formula is C27H46O. The zero-order valence-electron chi connectivity index (χ0n) is 19.3. The van der Waals surface area contributed by atoms with Crippen molar-refractivity contribution in [2.24, 2.45) is 46.3 Å². The summed E-state index contributed by atoms with van der Waals surface area (Å²) in [4.78, 5) is 0. The first-order chi connectivity index (χ1) is 13.3. The summed E-state index contributed by atoms with van der Waals surface area (Å²) in [6, 6.07) is 0. The van der Waals surface area contributed by atoms with Crippen LogP contribution < -0.4 is 0 Å². The highest BCUT2D eigenvalue weighted by Crippen LogP contribution is 2.67. The normalized spacial score (nSPS) is 45.0. The van der Waals surface area contributed by atoms with Gasteiger partial charge in [-0.15, -0.1) is 0 Å². The van der Waals surface area contributed by atoms with Gasteiger partial charge >= 0.3 is 0 Å². The van der Waals surface area contributed by atoms with Crippen LogP contribution in [0, 0.1) is 46.3 Å². The maximum Gasteiger partial charge on any atom is 0.0563 e. The van der Waals surface area contributed by atoms with Crippen LogP contribution in [0.2, 0.25) is 0 Å². The van der Waals surface area contributed by atoms with Gasteiger partial charge in [-0.3, -0.25) is 0 Å². The molecule has 8 atom stereocenters. The van der Waals surface area contributed by atoms with Gasteiger partial charge in [0.15, 0.2) is 0 Å². The maximum atomic E-state index is 10.3. The number of hydrogen-bond donors (Lipinski definition) is 1. The number of hydrogen-bond acceptors (Lipinski definition) is 1. The fourth-order valence-corrected chi connectivity index (χ4v) is 8.64. The van der Waals surface area contributed by atoms with Gasteiger partial charge in [0.1, 0.15) is 0 Å². The van der Waals surface area contributed by atoms with Crippen LogP contribution in [0.4, 0.5) is 0 Å². The number of rotatable bonds is 5. The van der Waals surface area contributed by atoms with Gasteiger partial charge in [0.2, 0.25) is 0 Å². The summed E-state index contributed by atoms with van der Waals surface area (Å²) >= 11 is 0. The number of allylic oxidation sites excluding steroid dienone is 2. The number of aliphatic hydroxyl groups is 1. The van der Waals surface area contributed by atoms with Gasteiger partial charge in [0, 0.05) is 0 Å². The van der Waals surface area contributed by atoms with Crippen molar-refractivity contribution in [1.29, 1.82) is 0 Å². The van der Waals surface area contributed by atoms with E-state index in [4.69, 9.17) is 0 Å². The van der Waals surface area contributed by atoms with Gasteiger partial charge in [0.25, 0.3) is 0 Å². The van der Waals surface area contributed by atoms with E-state index in [1.807, 2.05) is 5.57 Å². The Morgan fingerprint density at radius 3 is 2.54 bits per heavy atom. The summed E-state index contributed by atoms with van der Waals surface area (Å²) in [5.41, 5.74) is 2.93. The van der Waals surface area contributed by atoms with Crippen molar-refractivity contribution in [3.63, 3.8) is 0 Å². The topological polar surface area (TPSA) is 20.2 Å². The molecule has 4 aliphatic rings. The molecule has 4 rings (SSSR count). The van der Waals surface area contributed by atoms with E-state index in [9.17, 15) is 5.11 Å². The van der Waals surface area contributed by atoms with Crippen LogP contribution in [0.3, 0.4) is 0 Å². The van der Waals surface area contributed by atoms with Crippen LogP contribution in [-0.2, 0) is 0 Å². The summed E-state index contributed by atoms with van der Waals surface area (Å²) < 4.78 is 0. The highest BCUT2D eigenvalue weighted by atomic mass is 16.3. The molecule has 0 heterocycles. The summed E-state index contributed by atoms with van der Waals surface area (Å²) in [6.45, 7) is 12.1. The van der Waals surface area contributed by atoms with E-state index in [1.54, 1.807) is 0 Å². The second kappa shape index (κ2) is 7.75. The van der Waals surface area contributed by atoms with E-state index >= 15 is 0 Å². The molecule has 28 heavy (non-hydrogen) atoms. The van der Waals surface area contributed by atoms with Crippen molar-refractivity contribution < 1.29 is 5.11 Å². The van der Waals surface area contributed by atoms with E-state index in [-0.39, 0.29) is 6.10 Å². The predicted molar refractivity (Wildman–Crippen MR) is 119 cm³/mol. The quantitative estimate of drug-likeness (QED) is 0.488. The number of aliphatic hydroxyl groups excluding tert-OH is 1. The zero-order chi connectivity index (χ0) is 20.1. The molecule has 0 radical (unpaired) electrons. The van der Waals surface area contributed by atoms with E-state index in [0.717, 1.165) is 36.0 Å². The minimum absolute atomic E-state index is 0.114. The van der Waals surface area contributed by atoms with Crippen LogP contribution in [-0.4, -0.2) is 11.2 Å². The van der Waals surface area contributed by atoms with Crippen molar-refractivity contribution in [3.05, 3.63) is 11.6 Å². The van der Waals surface area contributed by atoms with Gasteiger partial charge in [-0.1, -0.05) is 52.7 Å². The van der Waals surface area contributed by atoms with Crippen molar-refractivity contribution >= 4 is 0 Å². The minimum Gasteiger partial charge on any atom is -0.393 e. The molecule has 3 fully saturated rings. The van der Waals surface area contributed by atoms with Crippen molar-refractivity contribution in [1.82, 2.24) is 0 Å². The van der Waals surface area contributed by atoms with E-state index in [2.05, 4.69) is 40.7 Å². The SMILES string of the molecule is CC(C)[C@H](O)CC[C@@H](C)[C@H]1CC[C@H]2[C@@H]3CC=C4CCCC[C@]4(C)[C@H]3CC[C@]12C. The Labute approximate surface area is 174 Å². The number of fused-ring (bicyclic) bond motifs is 5. The molecule has 160 valence electrons. The minimum atomic E-state index is -0.114. The molecule has 0 saturated heterocycles. The van der Waals surface area contributed by atoms with Gasteiger partial charge in [-0.25, -0.2) is 0 Å². The molecule has 0 aromatic rings. The Morgan fingerprint density at radius 2 is 1.79 bits per heavy atom. The predicted octanol–water partition coefficient (Wildman–Crippen LogP) is 7.39. The third-order valence-electron chi connectivity index (χ3n) is 10.5. The lowest BCUT2D eigenvalue weighted by Crippen LogP contribution is -2.50. The summed E-state index contributed by atoms with van der Waals surface area (Å²) in [5, 5.41) is 10.3. The monoisotopic (exact) mass is 386 g/mol. The van der Waals surface area contributed by atoms with Crippen LogP contribution >= 0.6 is 0 Å². The molecule has 0 aliphatic heterocycles. The molecule has 0 aromatic heterocycles. The molecule has 0 bridgehead atoms. The zero-order valence-corrected chi connectivity index (χ0v) is 19.3. The third kappa shape index (κ3) is 3.32. The maximum absolute atomic E-state index is 10.3. The Morgan fingerprint density at radius 1 is 1.00 bits per heavy atom. The Kier molecular flexibility index (Phi) is 5.80. The Balaban J connectivity index is 1.48. The molecule has 1 heteroatoms. The van der Waals surface area contributed by atoms with Crippen LogP contribution in [0.25, 0.3) is 0 Å². The van der Waals surface area contributed by atoms with E-state index in [1.165, 1.54) is 64.2 Å². The smallest absolute Gasteiger partial charge is 0.0563 e. The Bertz CT molecular complexity index is 591. The second-order valence-corrected chi connectivity index (χ2v) is 12.1. The molecule has 4 aliphatic carbocycles. The first-order valence-electron chi connectivity index (χ1n) is 12.6. The van der Waals surface area contributed by atoms with Gasteiger partial charge < -0.3 is 5.11 Å². The molecule has 0 amide bonds. The van der Waals surface area contributed by atoms with Crippen LogP contribution in [0.15, 0.2) is 11.6 Å². The van der Waals surface area contributed by atoms with E-state index < -0.39 is 0 Å². The molecule has 3 saturated carbocycles. The standard InChI is InChI=1S/C27H46O/c1-18(2)25(28)14-9-19(3)22-12-13-23-21-11-10-20-8-6-7-16-26(20,4)24(21)15-17-27(22,23)5/h10,18-19,21-25,28H,6-9,11-17H2,1-5H3/t19-,21+,22-,23+,24+,25-,26+,27-/m1/s1. The molecule has 0 unspecified atom stereocenters. The Hall–Kier alpha value is -0.300. The van der Waals surface area contributed by atoms with Crippen molar-refractivity contribution in [3.8, 4) is 0 Å². The summed E-state index contributed by atoms with van der Waals surface area (Å²) in [6.07, 6.45) is 17.8. The molecule has 1 N–H and O–H groups in total. The highest BCUT2D eigenvalue weighted by molar-refractivity contribution is 5.24. The average molecular weight is 387 g/mol. The first-order valence-corrected chi connectivity index (χ1v) is 12.6. The molecule has 1 nitrogen and oxygen atoms in total. The van der Waals surface area contributed by atoms with Gasteiger partial charge in [0.05, 0.1) is 6.10 Å². The first kappa shape index (κ1) is 21.0. The molecule has 0 spiro atoms. The summed E-state index contributed by atoms with van der Waals surface area (Å²) in [7, 11) is 0. The second-order valence-electron chi connectivity index (χ2n) is 12.1. The fraction of sp³-hybridized carbons (Fsp3) is 0.926. The largest absolute Gasteiger partial charge is 0.393 e. The third-order valence-corrected chi connectivity index (χ3v) is 10.5. The van der Waals surface area contributed by atoms with Crippen LogP contribution in [0.1, 0.15) is 105 Å².